The molecular formula is C14H11N3O3. The SMILES string of the molecule is COC(=O)c1cncc2c(=O)n(-c3ccccc3)[nH]c12. The standard InChI is InChI=1S/C14H11N3O3/c1-20-14(19)11-8-15-7-10-12(11)16-17(13(10)18)9-5-3-2-4-6-9/h2-8,16H,1H3. The van der Waals surface area contributed by atoms with Gasteiger partial charge in [-0.05, 0) is 12.1 Å². The van der Waals surface area contributed by atoms with Gasteiger partial charge < -0.3 is 4.74 Å². The van der Waals surface area contributed by atoms with E-state index in [-0.39, 0.29) is 11.1 Å². The number of rotatable bonds is 2. The monoisotopic (exact) mass is 269 g/mol. The molecule has 0 spiro atoms. The Balaban J connectivity index is 2.30. The fourth-order valence-corrected chi connectivity index (χ4v) is 2.05. The number of aromatic amines is 1. The normalized spacial score (nSPS) is 10.7. The third-order valence-corrected chi connectivity index (χ3v) is 3.02. The van der Waals surface area contributed by atoms with Gasteiger partial charge in [-0.1, -0.05) is 18.2 Å². The van der Waals surface area contributed by atoms with Gasteiger partial charge in [-0.3, -0.25) is 14.9 Å². The quantitative estimate of drug-likeness (QED) is 0.715. The average Bonchev–Trinajstić information content (AvgIpc) is 2.85. The zero-order valence-corrected chi connectivity index (χ0v) is 10.7. The number of aromatic nitrogens is 3. The Hall–Kier alpha value is -2.89. The lowest BCUT2D eigenvalue weighted by molar-refractivity contribution is 0.0602. The molecule has 20 heavy (non-hydrogen) atoms. The van der Waals surface area contributed by atoms with Gasteiger partial charge >= 0.3 is 5.97 Å². The molecule has 0 fully saturated rings. The number of nitrogens with one attached hydrogen (secondary N) is 1. The molecule has 6 heteroatoms. The maximum atomic E-state index is 12.3. The van der Waals surface area contributed by atoms with Crippen molar-refractivity contribution in [2.75, 3.05) is 7.11 Å². The van der Waals surface area contributed by atoms with E-state index in [0.717, 1.165) is 0 Å². The van der Waals surface area contributed by atoms with Crippen LogP contribution in [0, 0.1) is 0 Å². The summed E-state index contributed by atoms with van der Waals surface area (Å²) in [5.41, 5.74) is 1.08. The first-order valence-electron chi connectivity index (χ1n) is 5.95. The highest BCUT2D eigenvalue weighted by molar-refractivity contribution is 6.01. The number of benzene rings is 1. The number of pyridine rings is 1. The molecule has 3 aromatic rings. The van der Waals surface area contributed by atoms with Crippen molar-refractivity contribution < 1.29 is 9.53 Å². The number of para-hydroxylation sites is 1. The number of methoxy groups -OCH3 is 1. The number of hydrogen-bond donors (Lipinski definition) is 1. The summed E-state index contributed by atoms with van der Waals surface area (Å²) in [4.78, 5) is 27.9. The van der Waals surface area contributed by atoms with Gasteiger partial charge in [-0.25, -0.2) is 9.48 Å². The molecule has 0 aliphatic heterocycles. The molecule has 0 saturated carbocycles. The Morgan fingerprint density at radius 2 is 2.00 bits per heavy atom. The fraction of sp³-hybridized carbons (Fsp3) is 0.0714. The van der Waals surface area contributed by atoms with Crippen LogP contribution in [0.5, 0.6) is 0 Å². The Morgan fingerprint density at radius 3 is 2.70 bits per heavy atom. The molecule has 1 N–H and O–H groups in total. The van der Waals surface area contributed by atoms with Gasteiger partial charge in [-0.15, -0.1) is 0 Å². The van der Waals surface area contributed by atoms with Gasteiger partial charge in [0, 0.05) is 12.4 Å². The Bertz CT molecular complexity index is 834. The minimum atomic E-state index is -0.537. The number of esters is 1. The number of hydrogen-bond acceptors (Lipinski definition) is 4. The molecule has 0 radical (unpaired) electrons. The molecule has 0 atom stereocenters. The van der Waals surface area contributed by atoms with Crippen LogP contribution >= 0.6 is 0 Å². The van der Waals surface area contributed by atoms with Gasteiger partial charge in [0.2, 0.25) is 0 Å². The number of carbonyl (C=O) groups excluding carboxylic acids is 1. The van der Waals surface area contributed by atoms with Crippen molar-refractivity contribution in [1.82, 2.24) is 14.8 Å². The lowest BCUT2D eigenvalue weighted by Crippen LogP contribution is -2.13. The Labute approximate surface area is 113 Å². The van der Waals surface area contributed by atoms with Crippen LogP contribution in [-0.2, 0) is 4.74 Å². The summed E-state index contributed by atoms with van der Waals surface area (Å²) in [7, 11) is 1.29. The first-order valence-corrected chi connectivity index (χ1v) is 5.95. The van der Waals surface area contributed by atoms with E-state index < -0.39 is 5.97 Å². The van der Waals surface area contributed by atoms with Crippen LogP contribution in [0.3, 0.4) is 0 Å². The second-order valence-electron chi connectivity index (χ2n) is 4.19. The summed E-state index contributed by atoms with van der Waals surface area (Å²) in [5.74, 6) is -0.537. The molecule has 2 aromatic heterocycles. The van der Waals surface area contributed by atoms with Crippen LogP contribution in [0.4, 0.5) is 0 Å². The molecule has 2 heterocycles. The Kier molecular flexibility index (Phi) is 2.83. The summed E-state index contributed by atoms with van der Waals surface area (Å²) < 4.78 is 6.06. The number of ether oxygens (including phenoxy) is 1. The molecule has 0 unspecified atom stereocenters. The van der Waals surface area contributed by atoms with E-state index in [1.165, 1.54) is 24.2 Å². The highest BCUT2D eigenvalue weighted by atomic mass is 16.5. The summed E-state index contributed by atoms with van der Waals surface area (Å²) in [6, 6.07) is 9.10. The van der Waals surface area contributed by atoms with E-state index >= 15 is 0 Å². The number of nitrogens with zero attached hydrogens (tertiary/aromatic N) is 2. The molecule has 0 bridgehead atoms. The largest absolute Gasteiger partial charge is 0.465 e. The summed E-state index contributed by atoms with van der Waals surface area (Å²) in [5, 5.41) is 3.27. The van der Waals surface area contributed by atoms with Crippen molar-refractivity contribution in [3.05, 3.63) is 58.6 Å². The van der Waals surface area contributed by atoms with E-state index in [4.69, 9.17) is 0 Å². The van der Waals surface area contributed by atoms with Gasteiger partial charge in [0.15, 0.2) is 0 Å². The second kappa shape index (κ2) is 4.65. The van der Waals surface area contributed by atoms with Crippen molar-refractivity contribution in [3.8, 4) is 5.69 Å². The third-order valence-electron chi connectivity index (χ3n) is 3.02. The second-order valence-corrected chi connectivity index (χ2v) is 4.19. The van der Waals surface area contributed by atoms with Crippen LogP contribution in [0.15, 0.2) is 47.5 Å². The first-order chi connectivity index (χ1) is 9.72. The highest BCUT2D eigenvalue weighted by Crippen LogP contribution is 2.15. The zero-order chi connectivity index (χ0) is 14.1. The van der Waals surface area contributed by atoms with Gasteiger partial charge in [-0.2, -0.15) is 0 Å². The van der Waals surface area contributed by atoms with E-state index in [1.807, 2.05) is 18.2 Å². The molecule has 3 rings (SSSR count). The molecule has 0 saturated heterocycles. The van der Waals surface area contributed by atoms with Gasteiger partial charge in [0.1, 0.15) is 5.56 Å². The predicted octanol–water partition coefficient (Wildman–Crippen LogP) is 1.50. The van der Waals surface area contributed by atoms with Crippen LogP contribution in [0.25, 0.3) is 16.6 Å². The summed E-state index contributed by atoms with van der Waals surface area (Å²) in [6.45, 7) is 0. The van der Waals surface area contributed by atoms with Gasteiger partial charge in [0.05, 0.1) is 23.7 Å². The van der Waals surface area contributed by atoms with Crippen molar-refractivity contribution in [2.24, 2.45) is 0 Å². The highest BCUT2D eigenvalue weighted by Gasteiger charge is 2.16. The molecule has 6 nitrogen and oxygen atoms in total. The van der Waals surface area contributed by atoms with E-state index in [0.29, 0.717) is 16.6 Å². The van der Waals surface area contributed by atoms with Crippen LogP contribution in [-0.4, -0.2) is 27.8 Å². The Morgan fingerprint density at radius 1 is 1.25 bits per heavy atom. The molecule has 100 valence electrons. The minimum Gasteiger partial charge on any atom is -0.465 e. The van der Waals surface area contributed by atoms with Gasteiger partial charge in [0.25, 0.3) is 5.56 Å². The number of carbonyl (C=O) groups is 1. The molecule has 0 aliphatic rings. The first kappa shape index (κ1) is 12.2. The molecular weight excluding hydrogens is 258 g/mol. The lowest BCUT2D eigenvalue weighted by Gasteiger charge is -2.00. The van der Waals surface area contributed by atoms with Crippen molar-refractivity contribution in [3.63, 3.8) is 0 Å². The number of fused-ring (bicyclic) bond motifs is 1. The van der Waals surface area contributed by atoms with Crippen molar-refractivity contribution >= 4 is 16.9 Å². The van der Waals surface area contributed by atoms with Crippen LogP contribution in [0.1, 0.15) is 10.4 Å². The minimum absolute atomic E-state index is 0.233. The third kappa shape index (κ3) is 1.78. The van der Waals surface area contributed by atoms with Crippen molar-refractivity contribution in [1.29, 1.82) is 0 Å². The van der Waals surface area contributed by atoms with Crippen LogP contribution < -0.4 is 5.56 Å². The van der Waals surface area contributed by atoms with E-state index in [1.54, 1.807) is 12.1 Å². The molecule has 0 amide bonds. The fourth-order valence-electron chi connectivity index (χ4n) is 2.05. The lowest BCUT2D eigenvalue weighted by atomic mass is 10.2. The molecule has 0 aliphatic carbocycles. The summed E-state index contributed by atoms with van der Waals surface area (Å²) >= 11 is 0. The smallest absolute Gasteiger partial charge is 0.341 e. The van der Waals surface area contributed by atoms with E-state index in [2.05, 4.69) is 14.8 Å². The zero-order valence-electron chi connectivity index (χ0n) is 10.7. The van der Waals surface area contributed by atoms with Crippen LogP contribution in [0.2, 0.25) is 0 Å². The topological polar surface area (TPSA) is 77.0 Å². The van der Waals surface area contributed by atoms with E-state index in [9.17, 15) is 9.59 Å². The maximum Gasteiger partial charge on any atom is 0.341 e. The maximum absolute atomic E-state index is 12.3. The number of H-pyrrole nitrogens is 1. The molecule has 1 aromatic carbocycles. The average molecular weight is 269 g/mol. The summed E-state index contributed by atoms with van der Waals surface area (Å²) in [6.07, 6.45) is 2.81. The predicted molar refractivity (Wildman–Crippen MR) is 73.0 cm³/mol. The van der Waals surface area contributed by atoms with Crippen molar-refractivity contribution in [2.45, 2.75) is 0 Å².